The number of nitrogens with one attached hydrogen (secondary N) is 1. The van der Waals surface area contributed by atoms with Crippen LogP contribution in [-0.2, 0) is 0 Å². The maximum atomic E-state index is 3.58. The summed E-state index contributed by atoms with van der Waals surface area (Å²) < 4.78 is 1.15. The third-order valence-electron chi connectivity index (χ3n) is 2.84. The van der Waals surface area contributed by atoms with E-state index in [1.807, 2.05) is 0 Å². The van der Waals surface area contributed by atoms with Gasteiger partial charge in [-0.1, -0.05) is 28.9 Å². The summed E-state index contributed by atoms with van der Waals surface area (Å²) in [6.07, 6.45) is 1.20. The number of rotatable bonds is 0. The van der Waals surface area contributed by atoms with Crippen molar-refractivity contribution in [3.63, 3.8) is 0 Å². The summed E-state index contributed by atoms with van der Waals surface area (Å²) in [5.41, 5.74) is 2.93. The molecule has 1 heterocycles. The van der Waals surface area contributed by atoms with Gasteiger partial charge in [0.25, 0.3) is 0 Å². The maximum absolute atomic E-state index is 3.58. The smallest absolute Gasteiger partial charge is 0.0390 e. The molecule has 0 fully saturated rings. The minimum Gasteiger partial charge on any atom is -0.380 e. The lowest BCUT2D eigenvalue weighted by Crippen LogP contribution is -2.36. The predicted octanol–water partition coefficient (Wildman–Crippen LogP) is 4.15. The lowest BCUT2D eigenvalue weighted by molar-refractivity contribution is 0.454. The van der Waals surface area contributed by atoms with Gasteiger partial charge in [-0.05, 0) is 43.9 Å². The highest BCUT2D eigenvalue weighted by molar-refractivity contribution is 9.10. The molecular weight excluding hydrogens is 238 g/mol. The minimum absolute atomic E-state index is 0.215. The van der Waals surface area contributed by atoms with Gasteiger partial charge in [0.05, 0.1) is 0 Å². The summed E-state index contributed by atoms with van der Waals surface area (Å²) in [5.74, 6) is 0.648. The Morgan fingerprint density at radius 1 is 1.43 bits per heavy atom. The Labute approximate surface area is 94.0 Å². The van der Waals surface area contributed by atoms with Crippen LogP contribution in [0.15, 0.2) is 22.7 Å². The Morgan fingerprint density at radius 2 is 2.14 bits per heavy atom. The second-order valence-corrected chi connectivity index (χ2v) is 5.76. The molecule has 14 heavy (non-hydrogen) atoms. The second kappa shape index (κ2) is 3.27. The van der Waals surface area contributed by atoms with Crippen molar-refractivity contribution in [2.24, 2.45) is 0 Å². The van der Waals surface area contributed by atoms with Crippen LogP contribution < -0.4 is 5.32 Å². The Kier molecular flexibility index (Phi) is 2.34. The number of fused-ring (bicyclic) bond motifs is 1. The topological polar surface area (TPSA) is 12.0 Å². The zero-order valence-electron chi connectivity index (χ0n) is 8.89. The van der Waals surface area contributed by atoms with Crippen LogP contribution in [0.3, 0.4) is 0 Å². The molecule has 0 radical (unpaired) electrons. The molecule has 0 bridgehead atoms. The van der Waals surface area contributed by atoms with E-state index in [4.69, 9.17) is 0 Å². The van der Waals surface area contributed by atoms with Gasteiger partial charge >= 0.3 is 0 Å². The number of hydrogen-bond donors (Lipinski definition) is 1. The third kappa shape index (κ3) is 1.81. The number of hydrogen-bond acceptors (Lipinski definition) is 1. The van der Waals surface area contributed by atoms with E-state index in [1.54, 1.807) is 0 Å². The van der Waals surface area contributed by atoms with E-state index in [1.165, 1.54) is 17.7 Å². The molecule has 0 spiro atoms. The summed E-state index contributed by atoms with van der Waals surface area (Å²) in [6, 6.07) is 6.51. The first kappa shape index (κ1) is 10.0. The molecule has 0 amide bonds. The monoisotopic (exact) mass is 253 g/mol. The van der Waals surface area contributed by atoms with Gasteiger partial charge in [-0.15, -0.1) is 0 Å². The highest BCUT2D eigenvalue weighted by Crippen LogP contribution is 2.39. The van der Waals surface area contributed by atoms with Gasteiger partial charge in [-0.2, -0.15) is 0 Å². The summed E-state index contributed by atoms with van der Waals surface area (Å²) >= 11 is 3.51. The van der Waals surface area contributed by atoms with Crippen LogP contribution in [0.2, 0.25) is 0 Å². The second-order valence-electron chi connectivity index (χ2n) is 4.85. The fourth-order valence-electron chi connectivity index (χ4n) is 2.36. The number of halogens is 1. The zero-order valence-corrected chi connectivity index (χ0v) is 10.5. The molecule has 1 aromatic carbocycles. The van der Waals surface area contributed by atoms with Crippen LogP contribution in [0.25, 0.3) is 0 Å². The average molecular weight is 254 g/mol. The summed E-state index contributed by atoms with van der Waals surface area (Å²) in [4.78, 5) is 0. The van der Waals surface area contributed by atoms with Crippen LogP contribution in [-0.4, -0.2) is 5.54 Å². The van der Waals surface area contributed by atoms with Crippen LogP contribution in [0.4, 0.5) is 5.69 Å². The molecule has 76 valence electrons. The lowest BCUT2D eigenvalue weighted by Gasteiger charge is -2.37. The molecule has 1 atom stereocenters. The van der Waals surface area contributed by atoms with Crippen molar-refractivity contribution >= 4 is 21.6 Å². The van der Waals surface area contributed by atoms with Gasteiger partial charge in [0.1, 0.15) is 0 Å². The Hall–Kier alpha value is -0.500. The molecule has 0 saturated carbocycles. The van der Waals surface area contributed by atoms with E-state index >= 15 is 0 Å². The molecule has 1 aromatic rings. The van der Waals surface area contributed by atoms with Crippen LogP contribution in [0.1, 0.15) is 38.7 Å². The molecule has 1 nitrogen and oxygen atoms in total. The average Bonchev–Trinajstić information content (AvgIpc) is 2.00. The summed E-state index contributed by atoms with van der Waals surface area (Å²) in [7, 11) is 0. The molecule has 1 aliphatic heterocycles. The standard InChI is InChI=1S/C12H16BrN/c1-8-7-12(2,3)14-11-6-9(13)4-5-10(8)11/h4-6,8,14H,7H2,1-3H3. The van der Waals surface area contributed by atoms with Gasteiger partial charge < -0.3 is 5.32 Å². The Balaban J connectivity index is 2.46. The molecule has 0 saturated heterocycles. The molecule has 0 aromatic heterocycles. The summed E-state index contributed by atoms with van der Waals surface area (Å²) in [6.45, 7) is 6.82. The van der Waals surface area contributed by atoms with Gasteiger partial charge in [0.2, 0.25) is 0 Å². The first-order valence-corrected chi connectivity index (χ1v) is 5.85. The zero-order chi connectivity index (χ0) is 10.3. The fourth-order valence-corrected chi connectivity index (χ4v) is 2.72. The Bertz CT molecular complexity index is 357. The van der Waals surface area contributed by atoms with Crippen LogP contribution in [0.5, 0.6) is 0 Å². The largest absolute Gasteiger partial charge is 0.380 e. The Morgan fingerprint density at radius 3 is 2.86 bits per heavy atom. The van der Waals surface area contributed by atoms with E-state index in [0.29, 0.717) is 5.92 Å². The first-order chi connectivity index (χ1) is 6.48. The molecule has 1 N–H and O–H groups in total. The van der Waals surface area contributed by atoms with Gasteiger partial charge in [0.15, 0.2) is 0 Å². The van der Waals surface area contributed by atoms with Crippen molar-refractivity contribution < 1.29 is 0 Å². The quantitative estimate of drug-likeness (QED) is 0.733. The molecule has 0 aliphatic carbocycles. The molecule has 2 rings (SSSR count). The molecule has 2 heteroatoms. The molecule has 1 unspecified atom stereocenters. The van der Waals surface area contributed by atoms with E-state index < -0.39 is 0 Å². The minimum atomic E-state index is 0.215. The summed E-state index contributed by atoms with van der Waals surface area (Å²) in [5, 5.41) is 3.58. The highest BCUT2D eigenvalue weighted by Gasteiger charge is 2.28. The van der Waals surface area contributed by atoms with Crippen molar-refractivity contribution in [3.05, 3.63) is 28.2 Å². The SMILES string of the molecule is CC1CC(C)(C)Nc2cc(Br)ccc21. The van der Waals surface area contributed by atoms with Gasteiger partial charge in [-0.3, -0.25) is 0 Å². The third-order valence-corrected chi connectivity index (χ3v) is 3.33. The van der Waals surface area contributed by atoms with Crippen molar-refractivity contribution in [2.75, 3.05) is 5.32 Å². The van der Waals surface area contributed by atoms with E-state index in [2.05, 4.69) is 60.2 Å². The van der Waals surface area contributed by atoms with Crippen molar-refractivity contribution in [1.82, 2.24) is 0 Å². The van der Waals surface area contributed by atoms with Gasteiger partial charge in [-0.25, -0.2) is 0 Å². The van der Waals surface area contributed by atoms with Crippen LogP contribution in [0, 0.1) is 0 Å². The van der Waals surface area contributed by atoms with Crippen molar-refractivity contribution in [3.8, 4) is 0 Å². The normalized spacial score (nSPS) is 23.9. The van der Waals surface area contributed by atoms with E-state index in [-0.39, 0.29) is 5.54 Å². The molecule has 1 aliphatic rings. The highest BCUT2D eigenvalue weighted by atomic mass is 79.9. The maximum Gasteiger partial charge on any atom is 0.0390 e. The van der Waals surface area contributed by atoms with E-state index in [0.717, 1.165) is 4.47 Å². The molecular formula is C12H16BrN. The number of benzene rings is 1. The van der Waals surface area contributed by atoms with Crippen molar-refractivity contribution in [2.45, 2.75) is 38.6 Å². The van der Waals surface area contributed by atoms with Crippen molar-refractivity contribution in [1.29, 1.82) is 0 Å². The predicted molar refractivity (Wildman–Crippen MR) is 64.9 cm³/mol. The lowest BCUT2D eigenvalue weighted by atomic mass is 9.82. The first-order valence-electron chi connectivity index (χ1n) is 5.05. The number of anilines is 1. The van der Waals surface area contributed by atoms with E-state index in [9.17, 15) is 0 Å². The van der Waals surface area contributed by atoms with Crippen LogP contribution >= 0.6 is 15.9 Å². The van der Waals surface area contributed by atoms with Gasteiger partial charge in [0, 0.05) is 15.7 Å². The fraction of sp³-hybridized carbons (Fsp3) is 0.500.